The van der Waals surface area contributed by atoms with E-state index in [2.05, 4.69) is 11.0 Å². The number of nitrogens with zero attached hydrogens (tertiary/aromatic N) is 2. The maximum absolute atomic E-state index is 11.7. The number of hydrogen-bond donors (Lipinski definition) is 1. The van der Waals surface area contributed by atoms with Crippen LogP contribution >= 0.6 is 0 Å². The molecule has 24 heavy (non-hydrogen) atoms. The first-order valence-electron chi connectivity index (χ1n) is 8.50. The molecule has 1 unspecified atom stereocenters. The Morgan fingerprint density at radius 2 is 1.92 bits per heavy atom. The monoisotopic (exact) mass is 322 g/mol. The lowest BCUT2D eigenvalue weighted by molar-refractivity contribution is -0.0683. The van der Waals surface area contributed by atoms with E-state index in [9.17, 15) is 5.11 Å². The van der Waals surface area contributed by atoms with Crippen LogP contribution in [0.2, 0.25) is 0 Å². The van der Waals surface area contributed by atoms with Gasteiger partial charge in [0.2, 0.25) is 0 Å². The second kappa shape index (κ2) is 5.95. The maximum Gasteiger partial charge on any atom is 0.170 e. The van der Waals surface area contributed by atoms with Gasteiger partial charge in [-0.3, -0.25) is 4.99 Å². The molecule has 124 valence electrons. The Balaban J connectivity index is 1.76. The molecule has 2 aromatic carbocycles. The van der Waals surface area contributed by atoms with Gasteiger partial charge < -0.3 is 14.7 Å². The summed E-state index contributed by atoms with van der Waals surface area (Å²) >= 11 is 0. The van der Waals surface area contributed by atoms with Crippen molar-refractivity contribution in [3.8, 4) is 5.75 Å². The van der Waals surface area contributed by atoms with Crippen molar-refractivity contribution in [2.24, 2.45) is 4.99 Å². The molecule has 0 aliphatic carbocycles. The quantitative estimate of drug-likeness (QED) is 0.945. The molecule has 2 aliphatic heterocycles. The number of aliphatic hydroxyl groups is 1. The summed E-state index contributed by atoms with van der Waals surface area (Å²) in [6.07, 6.45) is 2.65. The number of fused-ring (bicyclic) bond motifs is 3. The van der Waals surface area contributed by atoms with Gasteiger partial charge in [0.25, 0.3) is 0 Å². The Morgan fingerprint density at radius 1 is 1.12 bits per heavy atom. The number of hydrogen-bond acceptors (Lipinski definition) is 4. The lowest BCUT2D eigenvalue weighted by Gasteiger charge is -2.35. The van der Waals surface area contributed by atoms with Crippen molar-refractivity contribution < 1.29 is 9.84 Å². The van der Waals surface area contributed by atoms with Gasteiger partial charge >= 0.3 is 0 Å². The summed E-state index contributed by atoms with van der Waals surface area (Å²) in [5, 5.41) is 11.7. The van der Waals surface area contributed by atoms with E-state index in [4.69, 9.17) is 9.73 Å². The second-order valence-corrected chi connectivity index (χ2v) is 6.45. The third kappa shape index (κ3) is 2.38. The second-order valence-electron chi connectivity index (χ2n) is 6.45. The highest BCUT2D eigenvalue weighted by atomic mass is 16.5. The standard InChI is InChI=1S/C20H22N2O2/c1-24-16-10-8-15(9-11-16)14-20(23)18-7-3-2-6-17(18)19-21-12-4-5-13-22(19)20/h2-3,6-11,23H,4-5,12-14H2,1H3. The van der Waals surface area contributed by atoms with Crippen molar-refractivity contribution >= 4 is 5.84 Å². The fourth-order valence-corrected chi connectivity index (χ4v) is 3.74. The van der Waals surface area contributed by atoms with Crippen LogP contribution in [0.25, 0.3) is 0 Å². The summed E-state index contributed by atoms with van der Waals surface area (Å²) < 4.78 is 5.23. The number of methoxy groups -OCH3 is 1. The zero-order chi connectivity index (χ0) is 16.6. The van der Waals surface area contributed by atoms with E-state index >= 15 is 0 Å². The largest absolute Gasteiger partial charge is 0.497 e. The number of rotatable bonds is 3. The van der Waals surface area contributed by atoms with E-state index in [-0.39, 0.29) is 0 Å². The van der Waals surface area contributed by atoms with Crippen molar-refractivity contribution in [2.75, 3.05) is 20.2 Å². The summed E-state index contributed by atoms with van der Waals surface area (Å²) in [6.45, 7) is 1.67. The minimum Gasteiger partial charge on any atom is -0.497 e. The van der Waals surface area contributed by atoms with Gasteiger partial charge in [0, 0.05) is 30.6 Å². The van der Waals surface area contributed by atoms with Crippen LogP contribution in [0, 0.1) is 0 Å². The molecule has 2 aromatic rings. The van der Waals surface area contributed by atoms with Gasteiger partial charge in [-0.15, -0.1) is 0 Å². The van der Waals surface area contributed by atoms with Gasteiger partial charge in [-0.05, 0) is 30.5 Å². The predicted molar refractivity (Wildman–Crippen MR) is 94.4 cm³/mol. The molecular formula is C20H22N2O2. The summed E-state index contributed by atoms with van der Waals surface area (Å²) in [5.74, 6) is 1.77. The van der Waals surface area contributed by atoms with Crippen LogP contribution in [0.4, 0.5) is 0 Å². The van der Waals surface area contributed by atoms with Crippen molar-refractivity contribution in [1.82, 2.24) is 4.90 Å². The van der Waals surface area contributed by atoms with E-state index in [0.29, 0.717) is 6.42 Å². The molecule has 0 bridgehead atoms. The summed E-state index contributed by atoms with van der Waals surface area (Å²) in [7, 11) is 1.66. The Kier molecular flexibility index (Phi) is 3.77. The lowest BCUT2D eigenvalue weighted by atomic mass is 9.94. The highest BCUT2D eigenvalue weighted by Gasteiger charge is 2.46. The Hall–Kier alpha value is -2.33. The fourth-order valence-electron chi connectivity index (χ4n) is 3.74. The molecule has 0 saturated carbocycles. The third-order valence-electron chi connectivity index (χ3n) is 4.96. The van der Waals surface area contributed by atoms with Gasteiger partial charge in [0.1, 0.15) is 11.6 Å². The van der Waals surface area contributed by atoms with Gasteiger partial charge in [0.15, 0.2) is 5.72 Å². The molecule has 2 heterocycles. The fraction of sp³-hybridized carbons (Fsp3) is 0.350. The first kappa shape index (κ1) is 15.2. The van der Waals surface area contributed by atoms with Gasteiger partial charge in [-0.1, -0.05) is 36.4 Å². The molecule has 1 N–H and O–H groups in total. The highest BCUT2D eigenvalue weighted by molar-refractivity contribution is 6.03. The summed E-state index contributed by atoms with van der Waals surface area (Å²) in [5.41, 5.74) is 2.07. The van der Waals surface area contributed by atoms with E-state index in [0.717, 1.165) is 54.2 Å². The van der Waals surface area contributed by atoms with Crippen molar-refractivity contribution in [1.29, 1.82) is 0 Å². The number of aliphatic imine (C=N–C) groups is 1. The zero-order valence-electron chi connectivity index (χ0n) is 13.9. The first-order chi connectivity index (χ1) is 11.7. The smallest absolute Gasteiger partial charge is 0.170 e. The normalized spacial score (nSPS) is 22.4. The van der Waals surface area contributed by atoms with Crippen LogP contribution in [-0.4, -0.2) is 36.0 Å². The molecule has 4 nitrogen and oxygen atoms in total. The first-order valence-corrected chi connectivity index (χ1v) is 8.50. The average Bonchev–Trinajstić information content (AvgIpc) is 2.79. The van der Waals surface area contributed by atoms with Gasteiger partial charge in [0.05, 0.1) is 7.11 Å². The van der Waals surface area contributed by atoms with Gasteiger partial charge in [-0.25, -0.2) is 0 Å². The topological polar surface area (TPSA) is 45.1 Å². The maximum atomic E-state index is 11.7. The minimum atomic E-state index is -1.03. The van der Waals surface area contributed by atoms with E-state index in [1.165, 1.54) is 0 Å². The summed E-state index contributed by atoms with van der Waals surface area (Å²) in [4.78, 5) is 6.85. The molecule has 1 atom stereocenters. The number of amidine groups is 1. The van der Waals surface area contributed by atoms with Crippen LogP contribution in [0.15, 0.2) is 53.5 Å². The molecule has 0 fully saturated rings. The van der Waals surface area contributed by atoms with Crippen LogP contribution in [-0.2, 0) is 12.1 Å². The van der Waals surface area contributed by atoms with Crippen LogP contribution in [0.1, 0.15) is 29.5 Å². The number of ether oxygens (including phenoxy) is 1. The minimum absolute atomic E-state index is 0.535. The molecule has 0 radical (unpaired) electrons. The molecule has 2 aliphatic rings. The highest BCUT2D eigenvalue weighted by Crippen LogP contribution is 2.41. The van der Waals surface area contributed by atoms with Crippen molar-refractivity contribution in [2.45, 2.75) is 25.0 Å². The lowest BCUT2D eigenvalue weighted by Crippen LogP contribution is -2.45. The molecule has 4 heteroatoms. The van der Waals surface area contributed by atoms with Gasteiger partial charge in [-0.2, -0.15) is 0 Å². The number of benzene rings is 2. The van der Waals surface area contributed by atoms with E-state index in [1.54, 1.807) is 7.11 Å². The van der Waals surface area contributed by atoms with Crippen molar-refractivity contribution in [3.05, 3.63) is 65.2 Å². The van der Waals surface area contributed by atoms with E-state index in [1.807, 2.05) is 42.5 Å². The van der Waals surface area contributed by atoms with Crippen LogP contribution in [0.5, 0.6) is 5.75 Å². The summed E-state index contributed by atoms with van der Waals surface area (Å²) in [6, 6.07) is 16.0. The zero-order valence-corrected chi connectivity index (χ0v) is 13.9. The Labute approximate surface area is 142 Å². The molecular weight excluding hydrogens is 300 g/mol. The average molecular weight is 322 g/mol. The van der Waals surface area contributed by atoms with Crippen LogP contribution in [0.3, 0.4) is 0 Å². The van der Waals surface area contributed by atoms with Crippen molar-refractivity contribution in [3.63, 3.8) is 0 Å². The van der Waals surface area contributed by atoms with E-state index < -0.39 is 5.72 Å². The molecule has 0 aromatic heterocycles. The van der Waals surface area contributed by atoms with Crippen LogP contribution < -0.4 is 4.74 Å². The third-order valence-corrected chi connectivity index (χ3v) is 4.96. The molecule has 0 spiro atoms. The Morgan fingerprint density at radius 3 is 2.71 bits per heavy atom. The SMILES string of the molecule is COc1ccc(CC2(O)c3ccccc3C3=NCCCCN32)cc1. The molecule has 0 amide bonds. The Bertz CT molecular complexity index is 769. The predicted octanol–water partition coefficient (Wildman–Crippen LogP) is 2.94. The molecule has 0 saturated heterocycles. The molecule has 4 rings (SSSR count).